The maximum Gasteiger partial charge on any atom is 0.134 e. The van der Waals surface area contributed by atoms with E-state index in [2.05, 4.69) is 29.4 Å². The van der Waals surface area contributed by atoms with Crippen LogP contribution in [0.2, 0.25) is 0 Å². The number of rotatable bonds is 3. The van der Waals surface area contributed by atoms with E-state index in [4.69, 9.17) is 4.42 Å². The van der Waals surface area contributed by atoms with Crippen molar-refractivity contribution in [2.45, 2.75) is 25.4 Å². The molecule has 0 aliphatic carbocycles. The first-order valence-electron chi connectivity index (χ1n) is 6.70. The number of likely N-dealkylation sites (tertiary alicyclic amines) is 1. The molecular formula is C15H20N2O. The van der Waals surface area contributed by atoms with Crippen molar-refractivity contribution in [1.29, 1.82) is 0 Å². The third-order valence-electron chi connectivity index (χ3n) is 3.67. The van der Waals surface area contributed by atoms with Crippen LogP contribution in [0, 0.1) is 0 Å². The summed E-state index contributed by atoms with van der Waals surface area (Å²) >= 11 is 0. The van der Waals surface area contributed by atoms with Gasteiger partial charge in [-0.2, -0.15) is 0 Å². The van der Waals surface area contributed by atoms with Crippen molar-refractivity contribution in [2.24, 2.45) is 0 Å². The monoisotopic (exact) mass is 244 g/mol. The lowest BCUT2D eigenvalue weighted by Gasteiger charge is -2.30. The summed E-state index contributed by atoms with van der Waals surface area (Å²) in [6, 6.07) is 10.9. The SMILES string of the molecule is CN1CCCC(NCc2cc3ccccc3o2)C1. The highest BCUT2D eigenvalue weighted by atomic mass is 16.3. The Morgan fingerprint density at radius 3 is 3.11 bits per heavy atom. The molecule has 3 nitrogen and oxygen atoms in total. The number of nitrogens with one attached hydrogen (secondary N) is 1. The van der Waals surface area contributed by atoms with Gasteiger partial charge in [-0.05, 0) is 38.6 Å². The third-order valence-corrected chi connectivity index (χ3v) is 3.67. The fraction of sp³-hybridized carbons (Fsp3) is 0.467. The molecule has 0 radical (unpaired) electrons. The van der Waals surface area contributed by atoms with E-state index in [1.54, 1.807) is 0 Å². The molecule has 2 heterocycles. The van der Waals surface area contributed by atoms with Crippen LogP contribution in [0.5, 0.6) is 0 Å². The van der Waals surface area contributed by atoms with Gasteiger partial charge in [0.2, 0.25) is 0 Å². The average Bonchev–Trinajstić information content (AvgIpc) is 2.79. The zero-order chi connectivity index (χ0) is 12.4. The number of benzene rings is 1. The van der Waals surface area contributed by atoms with Crippen LogP contribution < -0.4 is 5.32 Å². The van der Waals surface area contributed by atoms with Gasteiger partial charge >= 0.3 is 0 Å². The van der Waals surface area contributed by atoms with Crippen LogP contribution in [0.4, 0.5) is 0 Å². The molecule has 1 aliphatic rings. The number of hydrogen-bond donors (Lipinski definition) is 1. The van der Waals surface area contributed by atoms with E-state index in [9.17, 15) is 0 Å². The molecule has 0 bridgehead atoms. The summed E-state index contributed by atoms with van der Waals surface area (Å²) in [6.45, 7) is 3.19. The Labute approximate surface area is 108 Å². The van der Waals surface area contributed by atoms with Gasteiger partial charge in [-0.25, -0.2) is 0 Å². The molecule has 18 heavy (non-hydrogen) atoms. The zero-order valence-electron chi connectivity index (χ0n) is 10.9. The summed E-state index contributed by atoms with van der Waals surface area (Å²) < 4.78 is 5.81. The molecule has 1 saturated heterocycles. The number of likely N-dealkylation sites (N-methyl/N-ethyl adjacent to an activating group) is 1. The first kappa shape index (κ1) is 11.8. The normalized spacial score (nSPS) is 21.5. The van der Waals surface area contributed by atoms with Gasteiger partial charge in [0.15, 0.2) is 0 Å². The van der Waals surface area contributed by atoms with Gasteiger partial charge in [-0.3, -0.25) is 0 Å². The Bertz CT molecular complexity index is 487. The molecule has 1 unspecified atom stereocenters. The highest BCUT2D eigenvalue weighted by Crippen LogP contribution is 2.19. The van der Waals surface area contributed by atoms with Gasteiger partial charge in [-0.15, -0.1) is 0 Å². The molecule has 1 aliphatic heterocycles. The van der Waals surface area contributed by atoms with Gasteiger partial charge in [0.25, 0.3) is 0 Å². The van der Waals surface area contributed by atoms with Gasteiger partial charge in [-0.1, -0.05) is 18.2 Å². The highest BCUT2D eigenvalue weighted by Gasteiger charge is 2.16. The van der Waals surface area contributed by atoms with Crippen molar-refractivity contribution >= 4 is 11.0 Å². The molecule has 3 rings (SSSR count). The molecule has 2 aromatic rings. The highest BCUT2D eigenvalue weighted by molar-refractivity contribution is 5.77. The predicted octanol–water partition coefficient (Wildman–Crippen LogP) is 2.62. The molecule has 3 heteroatoms. The van der Waals surface area contributed by atoms with Gasteiger partial charge in [0, 0.05) is 18.0 Å². The molecule has 0 saturated carbocycles. The molecule has 0 spiro atoms. The molecule has 96 valence electrons. The second kappa shape index (κ2) is 5.12. The van der Waals surface area contributed by atoms with E-state index in [-0.39, 0.29) is 0 Å². The van der Waals surface area contributed by atoms with Crippen LogP contribution >= 0.6 is 0 Å². The predicted molar refractivity (Wildman–Crippen MR) is 73.6 cm³/mol. The Hall–Kier alpha value is -1.32. The van der Waals surface area contributed by atoms with E-state index >= 15 is 0 Å². The quantitative estimate of drug-likeness (QED) is 0.899. The molecule has 1 N–H and O–H groups in total. The summed E-state index contributed by atoms with van der Waals surface area (Å²) in [5, 5.41) is 4.78. The average molecular weight is 244 g/mol. The van der Waals surface area contributed by atoms with E-state index in [0.29, 0.717) is 6.04 Å². The van der Waals surface area contributed by atoms with Crippen molar-refractivity contribution in [3.8, 4) is 0 Å². The number of furan rings is 1. The minimum atomic E-state index is 0.594. The molecule has 0 amide bonds. The van der Waals surface area contributed by atoms with Crippen LogP contribution in [-0.2, 0) is 6.54 Å². The van der Waals surface area contributed by atoms with Crippen LogP contribution in [0.25, 0.3) is 11.0 Å². The van der Waals surface area contributed by atoms with Crippen molar-refractivity contribution in [3.63, 3.8) is 0 Å². The van der Waals surface area contributed by atoms with E-state index in [1.165, 1.54) is 24.8 Å². The molecular weight excluding hydrogens is 224 g/mol. The number of nitrogens with zero attached hydrogens (tertiary/aromatic N) is 1. The number of fused-ring (bicyclic) bond motifs is 1. The number of para-hydroxylation sites is 1. The number of hydrogen-bond acceptors (Lipinski definition) is 3. The van der Waals surface area contributed by atoms with E-state index in [0.717, 1.165) is 24.4 Å². The van der Waals surface area contributed by atoms with E-state index < -0.39 is 0 Å². The van der Waals surface area contributed by atoms with Gasteiger partial charge in [0.05, 0.1) is 6.54 Å². The Balaban J connectivity index is 1.62. The lowest BCUT2D eigenvalue weighted by Crippen LogP contribution is -2.43. The fourth-order valence-corrected chi connectivity index (χ4v) is 2.70. The summed E-state index contributed by atoms with van der Waals surface area (Å²) in [4.78, 5) is 2.39. The molecule has 1 fully saturated rings. The van der Waals surface area contributed by atoms with Crippen LogP contribution in [-0.4, -0.2) is 31.1 Å². The van der Waals surface area contributed by atoms with Crippen LogP contribution in [0.1, 0.15) is 18.6 Å². The molecule has 1 aromatic heterocycles. The molecule has 1 atom stereocenters. The zero-order valence-corrected chi connectivity index (χ0v) is 10.9. The number of piperidine rings is 1. The topological polar surface area (TPSA) is 28.4 Å². The first-order valence-corrected chi connectivity index (χ1v) is 6.70. The minimum absolute atomic E-state index is 0.594. The first-order chi connectivity index (χ1) is 8.81. The van der Waals surface area contributed by atoms with Crippen molar-refractivity contribution in [3.05, 3.63) is 36.1 Å². The largest absolute Gasteiger partial charge is 0.460 e. The maximum absolute atomic E-state index is 5.81. The van der Waals surface area contributed by atoms with Crippen molar-refractivity contribution < 1.29 is 4.42 Å². The second-order valence-electron chi connectivity index (χ2n) is 5.23. The Morgan fingerprint density at radius 2 is 2.28 bits per heavy atom. The molecule has 1 aromatic carbocycles. The third kappa shape index (κ3) is 2.57. The smallest absolute Gasteiger partial charge is 0.134 e. The fourth-order valence-electron chi connectivity index (χ4n) is 2.70. The van der Waals surface area contributed by atoms with Gasteiger partial charge in [0.1, 0.15) is 11.3 Å². The van der Waals surface area contributed by atoms with Crippen molar-refractivity contribution in [2.75, 3.05) is 20.1 Å². The maximum atomic E-state index is 5.81. The standard InChI is InChI=1S/C15H20N2O/c1-17-8-4-6-13(11-17)16-10-14-9-12-5-2-3-7-15(12)18-14/h2-3,5,7,9,13,16H,4,6,8,10-11H2,1H3. The second-order valence-corrected chi connectivity index (χ2v) is 5.23. The summed E-state index contributed by atoms with van der Waals surface area (Å²) in [6.07, 6.45) is 2.55. The Kier molecular flexibility index (Phi) is 3.35. The minimum Gasteiger partial charge on any atom is -0.460 e. The van der Waals surface area contributed by atoms with Crippen molar-refractivity contribution in [1.82, 2.24) is 10.2 Å². The lowest BCUT2D eigenvalue weighted by atomic mass is 10.1. The van der Waals surface area contributed by atoms with Gasteiger partial charge < -0.3 is 14.6 Å². The van der Waals surface area contributed by atoms with E-state index in [1.807, 2.05) is 18.2 Å². The summed E-state index contributed by atoms with van der Waals surface area (Å²) in [5.74, 6) is 1.03. The lowest BCUT2D eigenvalue weighted by molar-refractivity contribution is 0.224. The van der Waals surface area contributed by atoms with Crippen LogP contribution in [0.15, 0.2) is 34.7 Å². The Morgan fingerprint density at radius 1 is 1.39 bits per heavy atom. The summed E-state index contributed by atoms with van der Waals surface area (Å²) in [5.41, 5.74) is 0.982. The van der Waals surface area contributed by atoms with Crippen LogP contribution in [0.3, 0.4) is 0 Å². The summed E-state index contributed by atoms with van der Waals surface area (Å²) in [7, 11) is 2.19.